The number of piperazine rings is 1. The number of benzene rings is 2. The highest BCUT2D eigenvalue weighted by Crippen LogP contribution is 2.43. The van der Waals surface area contributed by atoms with Crippen LogP contribution in [0.15, 0.2) is 36.4 Å². The van der Waals surface area contributed by atoms with Gasteiger partial charge in [0.15, 0.2) is 11.5 Å². The molecule has 1 saturated heterocycles. The monoisotopic (exact) mass is 328 g/mol. The number of hydrogen-bond acceptors (Lipinski definition) is 6. The standard InChI is InChI=1S/C18H20N2O4/c21-13-3-1-12(2-4-13)18(20-7-5-19-6-8-20)14-9-16-17(10-15(14)22)24-11-23-16/h1-4,9-10,18-19,21-22H,5-8,11H2/t18-/m1/s1. The average molecular weight is 328 g/mol. The fourth-order valence-corrected chi connectivity index (χ4v) is 3.35. The smallest absolute Gasteiger partial charge is 0.231 e. The molecule has 2 aliphatic rings. The van der Waals surface area contributed by atoms with E-state index in [2.05, 4.69) is 10.2 Å². The Hall–Kier alpha value is -2.44. The van der Waals surface area contributed by atoms with Crippen LogP contribution < -0.4 is 14.8 Å². The van der Waals surface area contributed by atoms with Crippen molar-refractivity contribution < 1.29 is 19.7 Å². The molecule has 0 amide bonds. The zero-order valence-corrected chi connectivity index (χ0v) is 13.2. The molecule has 0 saturated carbocycles. The van der Waals surface area contributed by atoms with Crippen LogP contribution in [-0.2, 0) is 0 Å². The molecule has 24 heavy (non-hydrogen) atoms. The van der Waals surface area contributed by atoms with Crippen LogP contribution in [0.2, 0.25) is 0 Å². The van der Waals surface area contributed by atoms with Crippen LogP contribution in [0.3, 0.4) is 0 Å². The van der Waals surface area contributed by atoms with E-state index in [1.54, 1.807) is 18.2 Å². The van der Waals surface area contributed by atoms with Crippen molar-refractivity contribution in [1.29, 1.82) is 0 Å². The van der Waals surface area contributed by atoms with E-state index >= 15 is 0 Å². The molecule has 6 heteroatoms. The van der Waals surface area contributed by atoms with E-state index in [0.717, 1.165) is 37.3 Å². The second-order valence-electron chi connectivity index (χ2n) is 6.04. The van der Waals surface area contributed by atoms with E-state index in [0.29, 0.717) is 11.5 Å². The molecule has 0 radical (unpaired) electrons. The third kappa shape index (κ3) is 2.74. The fraction of sp³-hybridized carbons (Fsp3) is 0.333. The van der Waals surface area contributed by atoms with Crippen LogP contribution in [0, 0.1) is 0 Å². The summed E-state index contributed by atoms with van der Waals surface area (Å²) in [6.45, 7) is 3.73. The topological polar surface area (TPSA) is 74.2 Å². The van der Waals surface area contributed by atoms with Gasteiger partial charge < -0.3 is 25.0 Å². The normalized spacial score (nSPS) is 18.5. The Balaban J connectivity index is 1.78. The lowest BCUT2D eigenvalue weighted by Gasteiger charge is -2.35. The van der Waals surface area contributed by atoms with Crippen molar-refractivity contribution >= 4 is 0 Å². The van der Waals surface area contributed by atoms with Crippen molar-refractivity contribution in [3.63, 3.8) is 0 Å². The van der Waals surface area contributed by atoms with E-state index in [9.17, 15) is 10.2 Å². The maximum atomic E-state index is 10.6. The Morgan fingerprint density at radius 3 is 2.33 bits per heavy atom. The first-order chi connectivity index (χ1) is 11.7. The average Bonchev–Trinajstić information content (AvgIpc) is 3.05. The number of rotatable bonds is 3. The first kappa shape index (κ1) is 15.1. The van der Waals surface area contributed by atoms with Gasteiger partial charge in [-0.25, -0.2) is 0 Å². The summed E-state index contributed by atoms with van der Waals surface area (Å²) in [5.41, 5.74) is 1.80. The molecule has 2 heterocycles. The van der Waals surface area contributed by atoms with Crippen molar-refractivity contribution in [3.8, 4) is 23.0 Å². The van der Waals surface area contributed by atoms with Gasteiger partial charge in [0, 0.05) is 37.8 Å². The molecular formula is C18H20N2O4. The molecule has 126 valence electrons. The summed E-state index contributed by atoms with van der Waals surface area (Å²) < 4.78 is 10.8. The first-order valence-corrected chi connectivity index (χ1v) is 8.08. The van der Waals surface area contributed by atoms with Gasteiger partial charge in [0.2, 0.25) is 6.79 Å². The predicted octanol–water partition coefficient (Wildman–Crippen LogP) is 1.82. The van der Waals surface area contributed by atoms with Gasteiger partial charge in [-0.2, -0.15) is 0 Å². The van der Waals surface area contributed by atoms with Gasteiger partial charge in [-0.3, -0.25) is 4.90 Å². The Labute approximate surface area is 140 Å². The molecule has 0 aromatic heterocycles. The van der Waals surface area contributed by atoms with Gasteiger partial charge in [-0.05, 0) is 23.8 Å². The number of phenolic OH excluding ortho intramolecular Hbond substituents is 2. The summed E-state index contributed by atoms with van der Waals surface area (Å²) in [6, 6.07) is 10.5. The van der Waals surface area contributed by atoms with Crippen molar-refractivity contribution in [2.45, 2.75) is 6.04 Å². The molecule has 4 rings (SSSR count). The molecule has 0 spiro atoms. The lowest BCUT2D eigenvalue weighted by Crippen LogP contribution is -2.45. The molecule has 3 N–H and O–H groups in total. The van der Waals surface area contributed by atoms with Crippen molar-refractivity contribution in [3.05, 3.63) is 47.5 Å². The van der Waals surface area contributed by atoms with Gasteiger partial charge in [-0.1, -0.05) is 12.1 Å². The third-order valence-corrected chi connectivity index (χ3v) is 4.54. The second-order valence-corrected chi connectivity index (χ2v) is 6.04. The fourth-order valence-electron chi connectivity index (χ4n) is 3.35. The van der Waals surface area contributed by atoms with E-state index in [1.807, 2.05) is 18.2 Å². The highest BCUT2D eigenvalue weighted by molar-refractivity contribution is 5.54. The van der Waals surface area contributed by atoms with Gasteiger partial charge in [0.05, 0.1) is 6.04 Å². The van der Waals surface area contributed by atoms with Crippen molar-refractivity contribution in [2.24, 2.45) is 0 Å². The molecular weight excluding hydrogens is 308 g/mol. The molecule has 1 atom stereocenters. The molecule has 0 bridgehead atoms. The molecule has 2 aromatic rings. The maximum Gasteiger partial charge on any atom is 0.231 e. The summed E-state index contributed by atoms with van der Waals surface area (Å²) in [7, 11) is 0. The number of ether oxygens (including phenoxy) is 2. The molecule has 2 aliphatic heterocycles. The lowest BCUT2D eigenvalue weighted by molar-refractivity contribution is 0.173. The first-order valence-electron chi connectivity index (χ1n) is 8.08. The van der Waals surface area contributed by atoms with Crippen LogP contribution in [0.4, 0.5) is 0 Å². The van der Waals surface area contributed by atoms with Crippen LogP contribution in [-0.4, -0.2) is 48.1 Å². The zero-order valence-electron chi connectivity index (χ0n) is 13.2. The number of hydrogen-bond donors (Lipinski definition) is 3. The largest absolute Gasteiger partial charge is 0.508 e. The quantitative estimate of drug-likeness (QED) is 0.798. The van der Waals surface area contributed by atoms with Gasteiger partial charge >= 0.3 is 0 Å². The van der Waals surface area contributed by atoms with Gasteiger partial charge in [0.1, 0.15) is 11.5 Å². The van der Waals surface area contributed by atoms with Crippen molar-refractivity contribution in [2.75, 3.05) is 33.0 Å². The number of phenols is 2. The third-order valence-electron chi connectivity index (χ3n) is 4.54. The van der Waals surface area contributed by atoms with Crippen LogP contribution in [0.5, 0.6) is 23.0 Å². The van der Waals surface area contributed by atoms with Gasteiger partial charge in [-0.15, -0.1) is 0 Å². The lowest BCUT2D eigenvalue weighted by atomic mass is 9.95. The van der Waals surface area contributed by atoms with Crippen molar-refractivity contribution in [1.82, 2.24) is 10.2 Å². The number of nitrogens with zero attached hydrogens (tertiary/aromatic N) is 1. The summed E-state index contributed by atoms with van der Waals surface area (Å²) in [5.74, 6) is 1.64. The minimum absolute atomic E-state index is 0.109. The molecule has 2 aromatic carbocycles. The number of fused-ring (bicyclic) bond motifs is 1. The van der Waals surface area contributed by atoms with Crippen LogP contribution in [0.25, 0.3) is 0 Å². The Morgan fingerprint density at radius 1 is 0.958 bits per heavy atom. The van der Waals surface area contributed by atoms with E-state index in [4.69, 9.17) is 9.47 Å². The highest BCUT2D eigenvalue weighted by atomic mass is 16.7. The molecule has 0 unspecified atom stereocenters. The highest BCUT2D eigenvalue weighted by Gasteiger charge is 2.28. The zero-order chi connectivity index (χ0) is 16.5. The molecule has 0 aliphatic carbocycles. The van der Waals surface area contributed by atoms with Crippen LogP contribution in [0.1, 0.15) is 17.2 Å². The summed E-state index contributed by atoms with van der Waals surface area (Å²) in [5, 5.41) is 23.5. The Bertz CT molecular complexity index is 727. The summed E-state index contributed by atoms with van der Waals surface area (Å²) in [4.78, 5) is 2.32. The predicted molar refractivity (Wildman–Crippen MR) is 88.6 cm³/mol. The molecule has 6 nitrogen and oxygen atoms in total. The Morgan fingerprint density at radius 2 is 1.62 bits per heavy atom. The SMILES string of the molecule is Oc1ccc([C@H](c2cc3c(cc2O)OCO3)N2CCNCC2)cc1. The molecule has 1 fully saturated rings. The Kier molecular flexibility index (Phi) is 3.92. The van der Waals surface area contributed by atoms with E-state index < -0.39 is 0 Å². The second kappa shape index (κ2) is 6.22. The van der Waals surface area contributed by atoms with Gasteiger partial charge in [0.25, 0.3) is 0 Å². The van der Waals surface area contributed by atoms with E-state index in [1.165, 1.54) is 0 Å². The number of nitrogens with one attached hydrogen (secondary N) is 1. The van der Waals surface area contributed by atoms with E-state index in [-0.39, 0.29) is 24.3 Å². The maximum absolute atomic E-state index is 10.6. The number of aromatic hydroxyl groups is 2. The minimum atomic E-state index is -0.109. The minimum Gasteiger partial charge on any atom is -0.508 e. The van der Waals surface area contributed by atoms with Crippen LogP contribution >= 0.6 is 0 Å². The summed E-state index contributed by atoms with van der Waals surface area (Å²) >= 11 is 0. The summed E-state index contributed by atoms with van der Waals surface area (Å²) in [6.07, 6.45) is 0.